The van der Waals surface area contributed by atoms with Crippen molar-refractivity contribution in [1.82, 2.24) is 0 Å². The van der Waals surface area contributed by atoms with Gasteiger partial charge in [0, 0.05) is 17.7 Å². The molecule has 2 aromatic carbocycles. The van der Waals surface area contributed by atoms with Crippen LogP contribution >= 0.6 is 0 Å². The lowest BCUT2D eigenvalue weighted by molar-refractivity contribution is -0.688. The summed E-state index contributed by atoms with van der Waals surface area (Å²) in [7, 11) is 0. The zero-order chi connectivity index (χ0) is 16.1. The molecule has 0 aliphatic carbocycles. The molecule has 3 aromatic rings. The predicted octanol–water partition coefficient (Wildman–Crippen LogP) is 4.12. The van der Waals surface area contributed by atoms with E-state index in [9.17, 15) is 5.26 Å². The Morgan fingerprint density at radius 2 is 1.57 bits per heavy atom. The third-order valence-electron chi connectivity index (χ3n) is 4.05. The maximum Gasteiger partial charge on any atom is 0.173 e. The number of nitrogens with zero attached hydrogens (tertiary/aromatic N) is 2. The van der Waals surface area contributed by atoms with Gasteiger partial charge in [0.05, 0.1) is 11.6 Å². The molecule has 0 fully saturated rings. The first-order valence-electron chi connectivity index (χ1n) is 7.86. The molecule has 0 amide bonds. The molecule has 2 heteroatoms. The van der Waals surface area contributed by atoms with Crippen molar-refractivity contribution < 1.29 is 4.57 Å². The molecule has 0 aliphatic heterocycles. The van der Waals surface area contributed by atoms with Crippen molar-refractivity contribution in [2.24, 2.45) is 0 Å². The molecular weight excluding hydrogens is 280 g/mol. The van der Waals surface area contributed by atoms with Gasteiger partial charge >= 0.3 is 0 Å². The largest absolute Gasteiger partial charge is 0.201 e. The van der Waals surface area contributed by atoms with Gasteiger partial charge in [0.15, 0.2) is 18.9 Å². The summed E-state index contributed by atoms with van der Waals surface area (Å²) >= 11 is 0. The van der Waals surface area contributed by atoms with E-state index in [1.54, 1.807) is 0 Å². The number of nitriles is 1. The van der Waals surface area contributed by atoms with E-state index in [1.165, 1.54) is 11.1 Å². The van der Waals surface area contributed by atoms with E-state index >= 15 is 0 Å². The molecule has 112 valence electrons. The summed E-state index contributed by atoms with van der Waals surface area (Å²) in [5.41, 5.74) is 5.38. The van der Waals surface area contributed by atoms with E-state index in [1.807, 2.05) is 24.3 Å². The maximum atomic E-state index is 9.22. The first kappa shape index (κ1) is 15.0. The average molecular weight is 299 g/mol. The highest BCUT2D eigenvalue weighted by Gasteiger charge is 2.06. The second-order valence-electron chi connectivity index (χ2n) is 5.59. The van der Waals surface area contributed by atoms with Gasteiger partial charge < -0.3 is 0 Å². The average Bonchev–Trinajstić information content (AvgIpc) is 2.63. The zero-order valence-corrected chi connectivity index (χ0v) is 13.2. The first-order valence-corrected chi connectivity index (χ1v) is 7.86. The van der Waals surface area contributed by atoms with Crippen molar-refractivity contribution in [2.75, 3.05) is 0 Å². The number of rotatable bonds is 4. The Hall–Kier alpha value is -2.92. The fraction of sp³-hybridized carbons (Fsp3) is 0.143. The van der Waals surface area contributed by atoms with Crippen molar-refractivity contribution in [2.45, 2.75) is 19.9 Å². The van der Waals surface area contributed by atoms with Gasteiger partial charge in [-0.3, -0.25) is 0 Å². The number of aromatic nitrogens is 1. The van der Waals surface area contributed by atoms with Crippen LogP contribution in [0.4, 0.5) is 0 Å². The van der Waals surface area contributed by atoms with Gasteiger partial charge in [-0.2, -0.15) is 5.26 Å². The van der Waals surface area contributed by atoms with Crippen molar-refractivity contribution in [3.05, 3.63) is 89.7 Å². The molecule has 0 bridgehead atoms. The molecule has 2 nitrogen and oxygen atoms in total. The quantitative estimate of drug-likeness (QED) is 0.666. The fourth-order valence-corrected chi connectivity index (χ4v) is 2.66. The monoisotopic (exact) mass is 299 g/mol. The molecular formula is C21H19N2+. The molecule has 0 radical (unpaired) electrons. The highest BCUT2D eigenvalue weighted by atomic mass is 14.9. The molecule has 0 unspecified atom stereocenters. The van der Waals surface area contributed by atoms with Gasteiger partial charge in [-0.25, -0.2) is 4.57 Å². The van der Waals surface area contributed by atoms with Crippen LogP contribution in [0.5, 0.6) is 0 Å². The summed E-state index contributed by atoms with van der Waals surface area (Å²) in [5, 5.41) is 9.22. The fourth-order valence-electron chi connectivity index (χ4n) is 2.66. The smallest absolute Gasteiger partial charge is 0.173 e. The molecule has 0 atom stereocenters. The second-order valence-corrected chi connectivity index (χ2v) is 5.59. The lowest BCUT2D eigenvalue weighted by Crippen LogP contribution is -2.33. The second kappa shape index (κ2) is 6.89. The maximum absolute atomic E-state index is 9.22. The predicted molar refractivity (Wildman–Crippen MR) is 91.7 cm³/mol. The molecule has 0 aliphatic rings. The van der Waals surface area contributed by atoms with Gasteiger partial charge in [-0.1, -0.05) is 49.4 Å². The lowest BCUT2D eigenvalue weighted by Gasteiger charge is -2.05. The van der Waals surface area contributed by atoms with E-state index in [0.29, 0.717) is 5.56 Å². The van der Waals surface area contributed by atoms with Crippen LogP contribution in [-0.2, 0) is 13.0 Å². The summed E-state index contributed by atoms with van der Waals surface area (Å²) < 4.78 is 2.18. The molecule has 1 aromatic heterocycles. The van der Waals surface area contributed by atoms with Crippen LogP contribution in [0.25, 0.3) is 11.1 Å². The van der Waals surface area contributed by atoms with Crippen LogP contribution in [0.1, 0.15) is 23.6 Å². The Balaban J connectivity index is 1.80. The number of benzene rings is 2. The number of hydrogen-bond acceptors (Lipinski definition) is 1. The van der Waals surface area contributed by atoms with Crippen molar-refractivity contribution in [3.63, 3.8) is 0 Å². The highest BCUT2D eigenvalue weighted by Crippen LogP contribution is 2.23. The third-order valence-corrected chi connectivity index (χ3v) is 4.05. The number of hydrogen-bond donors (Lipinski definition) is 0. The Kier molecular flexibility index (Phi) is 4.49. The van der Waals surface area contributed by atoms with Gasteiger partial charge in [0.25, 0.3) is 0 Å². The SMILES string of the molecule is CCc1cc[n+](Cc2ccc(-c3ccccc3C#N)cc2)cc1. The molecule has 0 N–H and O–H groups in total. The Bertz CT molecular complexity index is 825. The summed E-state index contributed by atoms with van der Waals surface area (Å²) in [6.45, 7) is 3.02. The van der Waals surface area contributed by atoms with E-state index in [2.05, 4.69) is 66.4 Å². The van der Waals surface area contributed by atoms with Crippen LogP contribution in [0.2, 0.25) is 0 Å². The summed E-state index contributed by atoms with van der Waals surface area (Å²) in [4.78, 5) is 0. The Morgan fingerprint density at radius 1 is 0.870 bits per heavy atom. The van der Waals surface area contributed by atoms with Crippen LogP contribution < -0.4 is 4.57 Å². The standard InChI is InChI=1S/C21H19N2/c1-2-17-11-13-23(14-12-17)16-18-7-9-19(10-8-18)21-6-4-3-5-20(21)15-22/h3-14H,2,16H2,1H3/q+1. The summed E-state index contributed by atoms with van der Waals surface area (Å²) in [6.07, 6.45) is 5.31. The molecule has 3 rings (SSSR count). The van der Waals surface area contributed by atoms with E-state index < -0.39 is 0 Å². The van der Waals surface area contributed by atoms with Crippen molar-refractivity contribution in [1.29, 1.82) is 5.26 Å². The van der Waals surface area contributed by atoms with Crippen LogP contribution in [0.3, 0.4) is 0 Å². The normalized spacial score (nSPS) is 10.3. The van der Waals surface area contributed by atoms with Crippen molar-refractivity contribution >= 4 is 0 Å². The molecule has 0 saturated heterocycles. The van der Waals surface area contributed by atoms with Crippen LogP contribution in [-0.4, -0.2) is 0 Å². The first-order chi connectivity index (χ1) is 11.3. The zero-order valence-electron chi connectivity index (χ0n) is 13.2. The topological polar surface area (TPSA) is 27.7 Å². The van der Waals surface area contributed by atoms with Gasteiger partial charge in [0.2, 0.25) is 0 Å². The molecule has 1 heterocycles. The summed E-state index contributed by atoms with van der Waals surface area (Å²) in [5.74, 6) is 0. The van der Waals surface area contributed by atoms with Crippen LogP contribution in [0.15, 0.2) is 73.1 Å². The lowest BCUT2D eigenvalue weighted by atomic mass is 9.99. The van der Waals surface area contributed by atoms with Crippen LogP contribution in [0, 0.1) is 11.3 Å². The molecule has 0 saturated carbocycles. The molecule has 0 spiro atoms. The Labute approximate surface area is 137 Å². The van der Waals surface area contributed by atoms with E-state index in [4.69, 9.17) is 0 Å². The van der Waals surface area contributed by atoms with Gasteiger partial charge in [-0.05, 0) is 29.2 Å². The number of aryl methyl sites for hydroxylation is 1. The van der Waals surface area contributed by atoms with E-state index in [0.717, 1.165) is 24.1 Å². The van der Waals surface area contributed by atoms with Gasteiger partial charge in [-0.15, -0.1) is 0 Å². The third kappa shape index (κ3) is 3.46. The minimum absolute atomic E-state index is 0.713. The minimum atomic E-state index is 0.713. The van der Waals surface area contributed by atoms with E-state index in [-0.39, 0.29) is 0 Å². The highest BCUT2D eigenvalue weighted by molar-refractivity contribution is 5.70. The minimum Gasteiger partial charge on any atom is -0.201 e. The number of pyridine rings is 1. The van der Waals surface area contributed by atoms with Crippen molar-refractivity contribution in [3.8, 4) is 17.2 Å². The molecule has 23 heavy (non-hydrogen) atoms. The Morgan fingerprint density at radius 3 is 2.22 bits per heavy atom. The summed E-state index contributed by atoms with van der Waals surface area (Å²) in [6, 6.07) is 22.7. The van der Waals surface area contributed by atoms with Gasteiger partial charge in [0.1, 0.15) is 0 Å².